The van der Waals surface area contributed by atoms with Crippen LogP contribution in [0.1, 0.15) is 26.2 Å². The molecule has 60 valence electrons. The van der Waals surface area contributed by atoms with E-state index in [0.717, 1.165) is 6.54 Å². The Bertz CT molecular complexity index is 85.3. The van der Waals surface area contributed by atoms with Gasteiger partial charge in [0.2, 0.25) is 0 Å². The predicted molar refractivity (Wildman–Crippen MR) is 43.9 cm³/mol. The summed E-state index contributed by atoms with van der Waals surface area (Å²) in [7, 11) is 0. The molecule has 1 aliphatic rings. The second-order valence-electron chi connectivity index (χ2n) is 3.34. The summed E-state index contributed by atoms with van der Waals surface area (Å²) >= 11 is 0. The highest BCUT2D eigenvalue weighted by molar-refractivity contribution is 4.67. The van der Waals surface area contributed by atoms with Crippen LogP contribution in [-0.2, 0) is 0 Å². The molecule has 0 saturated carbocycles. The van der Waals surface area contributed by atoms with Gasteiger partial charge in [0.1, 0.15) is 0 Å². The molecule has 2 heteroatoms. The van der Waals surface area contributed by atoms with Crippen LogP contribution in [0.5, 0.6) is 0 Å². The van der Waals surface area contributed by atoms with E-state index < -0.39 is 0 Å². The van der Waals surface area contributed by atoms with E-state index in [-0.39, 0.29) is 0 Å². The Labute approximate surface area is 63.4 Å². The lowest BCUT2D eigenvalue weighted by molar-refractivity contribution is 0.219. The predicted octanol–water partition coefficient (Wildman–Crippen LogP) is 0.819. The molecule has 0 radical (unpaired) electrons. The van der Waals surface area contributed by atoms with Crippen LogP contribution in [0.2, 0.25) is 0 Å². The second-order valence-corrected chi connectivity index (χ2v) is 3.34. The van der Waals surface area contributed by atoms with Crippen molar-refractivity contribution in [1.82, 2.24) is 4.90 Å². The van der Waals surface area contributed by atoms with E-state index in [2.05, 4.69) is 11.8 Å². The van der Waals surface area contributed by atoms with Gasteiger partial charge in [0.05, 0.1) is 0 Å². The van der Waals surface area contributed by atoms with E-state index in [1.165, 1.54) is 32.4 Å². The minimum Gasteiger partial charge on any atom is -0.327 e. The van der Waals surface area contributed by atoms with Gasteiger partial charge in [-0.05, 0) is 32.9 Å². The van der Waals surface area contributed by atoms with Crippen molar-refractivity contribution < 1.29 is 0 Å². The zero-order valence-corrected chi connectivity index (χ0v) is 6.84. The van der Waals surface area contributed by atoms with E-state index in [1.54, 1.807) is 0 Å². The fourth-order valence-electron chi connectivity index (χ4n) is 1.55. The molecular formula is C8H18N2. The number of rotatable bonds is 2. The van der Waals surface area contributed by atoms with Gasteiger partial charge in [0.15, 0.2) is 0 Å². The Hall–Kier alpha value is -0.0800. The topological polar surface area (TPSA) is 29.3 Å². The molecule has 2 N–H and O–H groups in total. The first-order chi connectivity index (χ1) is 4.79. The normalized spacial score (nSPS) is 24.6. The van der Waals surface area contributed by atoms with Crippen LogP contribution < -0.4 is 5.73 Å². The SMILES string of the molecule is C[C@H](N)CN1CCCCC1. The van der Waals surface area contributed by atoms with Crippen molar-refractivity contribution in [2.75, 3.05) is 19.6 Å². The average molecular weight is 142 g/mol. The van der Waals surface area contributed by atoms with Crippen LogP contribution in [0.25, 0.3) is 0 Å². The molecule has 1 atom stereocenters. The highest BCUT2D eigenvalue weighted by Crippen LogP contribution is 2.07. The molecule has 0 aromatic carbocycles. The molecule has 0 spiro atoms. The highest BCUT2D eigenvalue weighted by atomic mass is 15.1. The zero-order valence-electron chi connectivity index (χ0n) is 6.84. The molecule has 1 fully saturated rings. The lowest BCUT2D eigenvalue weighted by atomic mass is 10.1. The van der Waals surface area contributed by atoms with Gasteiger partial charge < -0.3 is 10.6 Å². The maximum atomic E-state index is 5.68. The van der Waals surface area contributed by atoms with Gasteiger partial charge in [0.25, 0.3) is 0 Å². The molecule has 1 saturated heterocycles. The fraction of sp³-hybridized carbons (Fsp3) is 1.00. The number of nitrogens with two attached hydrogens (primary N) is 1. The Kier molecular flexibility index (Phi) is 3.16. The molecule has 0 aromatic heterocycles. The first-order valence-corrected chi connectivity index (χ1v) is 4.27. The van der Waals surface area contributed by atoms with Crippen molar-refractivity contribution in [2.45, 2.75) is 32.2 Å². The van der Waals surface area contributed by atoms with Crippen molar-refractivity contribution in [2.24, 2.45) is 5.73 Å². The third kappa shape index (κ3) is 2.67. The summed E-state index contributed by atoms with van der Waals surface area (Å²) in [4.78, 5) is 2.47. The second kappa shape index (κ2) is 3.94. The fourth-order valence-corrected chi connectivity index (χ4v) is 1.55. The molecule has 1 rings (SSSR count). The molecule has 10 heavy (non-hydrogen) atoms. The summed E-state index contributed by atoms with van der Waals surface area (Å²) in [6.07, 6.45) is 4.15. The largest absolute Gasteiger partial charge is 0.327 e. The summed E-state index contributed by atoms with van der Waals surface area (Å²) in [6.45, 7) is 5.69. The van der Waals surface area contributed by atoms with Gasteiger partial charge in [-0.25, -0.2) is 0 Å². The quantitative estimate of drug-likeness (QED) is 0.618. The summed E-state index contributed by atoms with van der Waals surface area (Å²) in [6, 6.07) is 0.345. The summed E-state index contributed by atoms with van der Waals surface area (Å²) < 4.78 is 0. The number of nitrogens with zero attached hydrogens (tertiary/aromatic N) is 1. The Morgan fingerprint density at radius 3 is 2.40 bits per heavy atom. The third-order valence-electron chi connectivity index (χ3n) is 1.99. The van der Waals surface area contributed by atoms with E-state index in [4.69, 9.17) is 5.73 Å². The van der Waals surface area contributed by atoms with Crippen LogP contribution in [0.15, 0.2) is 0 Å². The molecule has 0 unspecified atom stereocenters. The van der Waals surface area contributed by atoms with Crippen molar-refractivity contribution in [3.63, 3.8) is 0 Å². The third-order valence-corrected chi connectivity index (χ3v) is 1.99. The summed E-state index contributed by atoms with van der Waals surface area (Å²) in [5, 5.41) is 0. The van der Waals surface area contributed by atoms with Crippen molar-refractivity contribution >= 4 is 0 Å². The van der Waals surface area contributed by atoms with Crippen LogP contribution in [-0.4, -0.2) is 30.6 Å². The first-order valence-electron chi connectivity index (χ1n) is 4.27. The Morgan fingerprint density at radius 1 is 1.30 bits per heavy atom. The molecule has 0 amide bonds. The van der Waals surface area contributed by atoms with Gasteiger partial charge in [-0.3, -0.25) is 0 Å². The smallest absolute Gasteiger partial charge is 0.0139 e. The number of hydrogen-bond acceptors (Lipinski definition) is 2. The lowest BCUT2D eigenvalue weighted by Gasteiger charge is -2.27. The molecule has 0 aromatic rings. The first kappa shape index (κ1) is 8.02. The van der Waals surface area contributed by atoms with Crippen LogP contribution >= 0.6 is 0 Å². The van der Waals surface area contributed by atoms with Gasteiger partial charge in [-0.1, -0.05) is 6.42 Å². The molecule has 1 aliphatic heterocycles. The van der Waals surface area contributed by atoms with Gasteiger partial charge in [-0.15, -0.1) is 0 Å². The van der Waals surface area contributed by atoms with E-state index in [9.17, 15) is 0 Å². The number of hydrogen-bond donors (Lipinski definition) is 1. The van der Waals surface area contributed by atoms with Crippen LogP contribution in [0.3, 0.4) is 0 Å². The van der Waals surface area contributed by atoms with Crippen LogP contribution in [0.4, 0.5) is 0 Å². The lowest BCUT2D eigenvalue weighted by Crippen LogP contribution is -2.38. The highest BCUT2D eigenvalue weighted by Gasteiger charge is 2.10. The van der Waals surface area contributed by atoms with E-state index >= 15 is 0 Å². The number of likely N-dealkylation sites (tertiary alicyclic amines) is 1. The molecule has 0 bridgehead atoms. The van der Waals surface area contributed by atoms with Crippen molar-refractivity contribution in [3.05, 3.63) is 0 Å². The average Bonchev–Trinajstić information content (AvgIpc) is 1.88. The molecular weight excluding hydrogens is 124 g/mol. The van der Waals surface area contributed by atoms with E-state index in [1.807, 2.05) is 0 Å². The van der Waals surface area contributed by atoms with Gasteiger partial charge >= 0.3 is 0 Å². The standard InChI is InChI=1S/C8H18N2/c1-8(9)7-10-5-3-2-4-6-10/h8H,2-7,9H2,1H3/t8-/m0/s1. The molecule has 1 heterocycles. The Balaban J connectivity index is 2.13. The van der Waals surface area contributed by atoms with Gasteiger partial charge in [0, 0.05) is 12.6 Å². The van der Waals surface area contributed by atoms with Gasteiger partial charge in [-0.2, -0.15) is 0 Å². The molecule has 2 nitrogen and oxygen atoms in total. The van der Waals surface area contributed by atoms with Crippen molar-refractivity contribution in [1.29, 1.82) is 0 Å². The monoisotopic (exact) mass is 142 g/mol. The molecule has 0 aliphatic carbocycles. The minimum atomic E-state index is 0.345. The van der Waals surface area contributed by atoms with E-state index in [0.29, 0.717) is 6.04 Å². The Morgan fingerprint density at radius 2 is 1.90 bits per heavy atom. The zero-order chi connectivity index (χ0) is 7.40. The van der Waals surface area contributed by atoms with Crippen LogP contribution in [0, 0.1) is 0 Å². The maximum absolute atomic E-state index is 5.68. The maximum Gasteiger partial charge on any atom is 0.0139 e. The minimum absolute atomic E-state index is 0.345. The number of piperidine rings is 1. The van der Waals surface area contributed by atoms with Crippen molar-refractivity contribution in [3.8, 4) is 0 Å². The summed E-state index contributed by atoms with van der Waals surface area (Å²) in [5.41, 5.74) is 5.68. The summed E-state index contributed by atoms with van der Waals surface area (Å²) in [5.74, 6) is 0.